The summed E-state index contributed by atoms with van der Waals surface area (Å²) in [5.74, 6) is -0.162. The van der Waals surface area contributed by atoms with Crippen LogP contribution in [0.25, 0.3) is 0 Å². The molecule has 2 N–H and O–H groups in total. The van der Waals surface area contributed by atoms with Gasteiger partial charge < -0.3 is 10.6 Å². The number of anilines is 2. The van der Waals surface area contributed by atoms with E-state index >= 15 is 0 Å². The second-order valence-corrected chi connectivity index (χ2v) is 8.82. The van der Waals surface area contributed by atoms with Gasteiger partial charge in [-0.05, 0) is 60.4 Å². The Morgan fingerprint density at radius 2 is 1.89 bits per heavy atom. The number of carbonyl (C=O) groups is 1. The van der Waals surface area contributed by atoms with Gasteiger partial charge in [-0.15, -0.1) is 0 Å². The van der Waals surface area contributed by atoms with E-state index in [9.17, 15) is 9.18 Å². The highest BCUT2D eigenvalue weighted by Crippen LogP contribution is 2.36. The summed E-state index contributed by atoms with van der Waals surface area (Å²) in [6.07, 6.45) is 2.26. The van der Waals surface area contributed by atoms with Crippen molar-refractivity contribution in [3.05, 3.63) is 58.4 Å². The molecule has 27 heavy (non-hydrogen) atoms. The molecule has 1 amide bonds. The van der Waals surface area contributed by atoms with E-state index in [-0.39, 0.29) is 23.2 Å². The van der Waals surface area contributed by atoms with Gasteiger partial charge in [0.05, 0.1) is 11.7 Å². The molecule has 1 aliphatic heterocycles. The number of nitrogens with one attached hydrogen (secondary N) is 2. The van der Waals surface area contributed by atoms with Crippen molar-refractivity contribution in [2.24, 2.45) is 5.41 Å². The normalized spacial score (nSPS) is 16.4. The summed E-state index contributed by atoms with van der Waals surface area (Å²) in [4.78, 5) is 12.3. The fourth-order valence-corrected chi connectivity index (χ4v) is 3.80. The molecular formula is C23H29FN2O. The van der Waals surface area contributed by atoms with Crippen LogP contribution >= 0.6 is 0 Å². The molecule has 0 spiro atoms. The zero-order chi connectivity index (χ0) is 19.8. The van der Waals surface area contributed by atoms with Crippen molar-refractivity contribution >= 4 is 17.3 Å². The second-order valence-electron chi connectivity index (χ2n) is 8.82. The van der Waals surface area contributed by atoms with Crippen molar-refractivity contribution in [3.63, 3.8) is 0 Å². The maximum absolute atomic E-state index is 14.2. The lowest BCUT2D eigenvalue weighted by Gasteiger charge is -2.29. The molecule has 1 heterocycles. The Morgan fingerprint density at radius 3 is 2.52 bits per heavy atom. The monoisotopic (exact) mass is 368 g/mol. The number of hydrogen-bond donors (Lipinski definition) is 2. The zero-order valence-corrected chi connectivity index (χ0v) is 16.9. The molecule has 0 saturated heterocycles. The minimum absolute atomic E-state index is 0.0354. The molecule has 0 fully saturated rings. The number of amides is 1. The Morgan fingerprint density at radius 1 is 1.22 bits per heavy atom. The van der Waals surface area contributed by atoms with Crippen molar-refractivity contribution in [1.29, 1.82) is 0 Å². The first-order chi connectivity index (χ1) is 12.6. The van der Waals surface area contributed by atoms with Crippen molar-refractivity contribution in [3.8, 4) is 0 Å². The molecule has 2 aromatic rings. The number of para-hydroxylation sites is 1. The predicted molar refractivity (Wildman–Crippen MR) is 110 cm³/mol. The van der Waals surface area contributed by atoms with Gasteiger partial charge in [0.15, 0.2) is 0 Å². The highest BCUT2D eigenvalue weighted by Gasteiger charge is 2.23. The van der Waals surface area contributed by atoms with Gasteiger partial charge in [-0.1, -0.05) is 45.0 Å². The summed E-state index contributed by atoms with van der Waals surface area (Å²) < 4.78 is 14.2. The van der Waals surface area contributed by atoms with Gasteiger partial charge in [0, 0.05) is 12.1 Å². The Bertz CT molecular complexity index is 844. The molecule has 144 valence electrons. The minimum atomic E-state index is -0.197. The largest absolute Gasteiger partial charge is 0.376 e. The topological polar surface area (TPSA) is 41.1 Å². The summed E-state index contributed by atoms with van der Waals surface area (Å²) in [6.45, 7) is 10.2. The van der Waals surface area contributed by atoms with Crippen molar-refractivity contribution in [2.45, 2.75) is 59.9 Å². The fourth-order valence-electron chi connectivity index (χ4n) is 3.80. The quantitative estimate of drug-likeness (QED) is 0.706. The summed E-state index contributed by atoms with van der Waals surface area (Å²) >= 11 is 0. The highest BCUT2D eigenvalue weighted by atomic mass is 19.1. The molecule has 0 aromatic heterocycles. The number of benzene rings is 2. The van der Waals surface area contributed by atoms with E-state index in [4.69, 9.17) is 0 Å². The maximum atomic E-state index is 14.2. The molecular weight excluding hydrogens is 339 g/mol. The summed E-state index contributed by atoms with van der Waals surface area (Å²) in [7, 11) is 0. The molecule has 0 saturated carbocycles. The van der Waals surface area contributed by atoms with Gasteiger partial charge in [0.25, 0.3) is 0 Å². The molecule has 1 unspecified atom stereocenters. The summed E-state index contributed by atoms with van der Waals surface area (Å²) in [6, 6.07) is 9.52. The molecule has 2 aromatic carbocycles. The van der Waals surface area contributed by atoms with Gasteiger partial charge in [-0.3, -0.25) is 4.79 Å². The van der Waals surface area contributed by atoms with Crippen molar-refractivity contribution < 1.29 is 9.18 Å². The van der Waals surface area contributed by atoms with Crippen LogP contribution in [0.5, 0.6) is 0 Å². The van der Waals surface area contributed by atoms with Gasteiger partial charge in [-0.2, -0.15) is 0 Å². The third-order valence-electron chi connectivity index (χ3n) is 5.03. The first-order valence-electron chi connectivity index (χ1n) is 9.59. The van der Waals surface area contributed by atoms with Crippen LogP contribution in [0.3, 0.4) is 0 Å². The molecule has 1 atom stereocenters. The molecule has 0 bridgehead atoms. The molecule has 0 radical (unpaired) electrons. The molecule has 3 rings (SSSR count). The van der Waals surface area contributed by atoms with E-state index in [1.807, 2.05) is 19.9 Å². The van der Waals surface area contributed by atoms with E-state index in [2.05, 4.69) is 43.5 Å². The number of aryl methyl sites for hydroxylation is 3. The summed E-state index contributed by atoms with van der Waals surface area (Å²) in [5.41, 5.74) is 5.69. The average Bonchev–Trinajstić information content (AvgIpc) is 2.56. The van der Waals surface area contributed by atoms with Crippen LogP contribution in [0.4, 0.5) is 15.8 Å². The van der Waals surface area contributed by atoms with Crippen LogP contribution in [0.2, 0.25) is 0 Å². The lowest BCUT2D eigenvalue weighted by atomic mass is 9.90. The van der Waals surface area contributed by atoms with Gasteiger partial charge in [0.1, 0.15) is 5.82 Å². The van der Waals surface area contributed by atoms with Crippen LogP contribution in [-0.4, -0.2) is 5.91 Å². The Labute approximate surface area is 161 Å². The van der Waals surface area contributed by atoms with E-state index in [1.165, 1.54) is 6.07 Å². The van der Waals surface area contributed by atoms with E-state index in [0.717, 1.165) is 40.8 Å². The lowest BCUT2D eigenvalue weighted by molar-refractivity contribution is -0.117. The predicted octanol–water partition coefficient (Wildman–Crippen LogP) is 5.92. The molecule has 4 heteroatoms. The molecule has 0 aliphatic carbocycles. The first kappa shape index (κ1) is 19.4. The maximum Gasteiger partial charge on any atom is 0.224 e. The Hall–Kier alpha value is -2.36. The molecule has 3 nitrogen and oxygen atoms in total. The van der Waals surface area contributed by atoms with Crippen LogP contribution in [0.15, 0.2) is 30.3 Å². The van der Waals surface area contributed by atoms with Crippen LogP contribution in [0.1, 0.15) is 61.9 Å². The number of fused-ring (bicyclic) bond motifs is 1. The zero-order valence-electron chi connectivity index (χ0n) is 16.9. The van der Waals surface area contributed by atoms with Crippen LogP contribution < -0.4 is 10.6 Å². The first-order valence-corrected chi connectivity index (χ1v) is 9.59. The third kappa shape index (κ3) is 4.49. The van der Waals surface area contributed by atoms with Gasteiger partial charge >= 0.3 is 0 Å². The van der Waals surface area contributed by atoms with E-state index in [1.54, 1.807) is 6.07 Å². The Kier molecular flexibility index (Phi) is 5.27. The third-order valence-corrected chi connectivity index (χ3v) is 5.03. The second kappa shape index (κ2) is 7.34. The fraction of sp³-hybridized carbons (Fsp3) is 0.435. The SMILES string of the molecule is Cc1cc(C2CCc3cccc(F)c3N2)cc(C)c1NC(=O)CC(C)(C)C. The number of halogens is 1. The lowest BCUT2D eigenvalue weighted by Crippen LogP contribution is -2.22. The summed E-state index contributed by atoms with van der Waals surface area (Å²) in [5, 5.41) is 6.44. The number of rotatable bonds is 3. The van der Waals surface area contributed by atoms with Crippen LogP contribution in [0, 0.1) is 25.1 Å². The minimum Gasteiger partial charge on any atom is -0.376 e. The van der Waals surface area contributed by atoms with Crippen molar-refractivity contribution in [1.82, 2.24) is 0 Å². The standard InChI is InChI=1S/C23H29FN2O/c1-14-11-17(12-15(2)21(14)26-20(27)13-23(3,4)5)19-10-9-16-7-6-8-18(24)22(16)25-19/h6-8,11-12,19,25H,9-10,13H2,1-5H3,(H,26,27). The number of carbonyl (C=O) groups excluding carboxylic acids is 1. The number of hydrogen-bond acceptors (Lipinski definition) is 2. The van der Waals surface area contributed by atoms with E-state index in [0.29, 0.717) is 12.1 Å². The van der Waals surface area contributed by atoms with Crippen LogP contribution in [-0.2, 0) is 11.2 Å². The van der Waals surface area contributed by atoms with Crippen molar-refractivity contribution in [2.75, 3.05) is 10.6 Å². The molecule has 1 aliphatic rings. The van der Waals surface area contributed by atoms with E-state index < -0.39 is 0 Å². The average molecular weight is 368 g/mol. The smallest absolute Gasteiger partial charge is 0.224 e. The van der Waals surface area contributed by atoms with Gasteiger partial charge in [0.2, 0.25) is 5.91 Å². The Balaban J connectivity index is 1.81. The van der Waals surface area contributed by atoms with Gasteiger partial charge in [-0.25, -0.2) is 4.39 Å². The highest BCUT2D eigenvalue weighted by molar-refractivity contribution is 5.92.